The second kappa shape index (κ2) is 8.98. The zero-order chi connectivity index (χ0) is 22.8. The van der Waals surface area contributed by atoms with Crippen molar-refractivity contribution in [1.82, 2.24) is 4.57 Å². The third-order valence-electron chi connectivity index (χ3n) is 4.37. The number of rotatable bonds is 7. The Balaban J connectivity index is 1.62. The van der Waals surface area contributed by atoms with Gasteiger partial charge in [0.05, 0.1) is 10.5 Å². The van der Waals surface area contributed by atoms with Crippen molar-refractivity contribution in [2.75, 3.05) is 11.9 Å². The van der Waals surface area contributed by atoms with Gasteiger partial charge in [-0.3, -0.25) is 4.79 Å². The molecule has 0 saturated heterocycles. The molecule has 2 heterocycles. The lowest BCUT2D eigenvalue weighted by atomic mass is 10.3. The van der Waals surface area contributed by atoms with Crippen molar-refractivity contribution in [2.24, 2.45) is 0 Å². The van der Waals surface area contributed by atoms with Gasteiger partial charge in [-0.15, -0.1) is 11.3 Å². The number of carbonyl (C=O) groups is 2. The van der Waals surface area contributed by atoms with Crippen molar-refractivity contribution in [2.45, 2.75) is 24.5 Å². The van der Waals surface area contributed by atoms with Crippen LogP contribution in [0.1, 0.15) is 21.7 Å². The number of ether oxygens (including phenoxy) is 1. The van der Waals surface area contributed by atoms with Gasteiger partial charge in [-0.25, -0.2) is 13.2 Å². The SMILES string of the molecule is Cc1ccc(C)n1-c1sccc1C(=O)OCC(=O)Nc1ccc(S(=O)(=O)C(F)F)cc1. The Kier molecular flexibility index (Phi) is 6.56. The normalized spacial score (nSPS) is 11.5. The zero-order valence-corrected chi connectivity index (χ0v) is 18.1. The number of anilines is 1. The van der Waals surface area contributed by atoms with Gasteiger partial charge in [-0.1, -0.05) is 0 Å². The summed E-state index contributed by atoms with van der Waals surface area (Å²) < 4.78 is 55.0. The minimum absolute atomic E-state index is 0.170. The fraction of sp³-hybridized carbons (Fsp3) is 0.200. The number of aryl methyl sites for hydroxylation is 2. The first-order chi connectivity index (χ1) is 14.6. The summed E-state index contributed by atoms with van der Waals surface area (Å²) in [7, 11) is -4.71. The van der Waals surface area contributed by atoms with Crippen LogP contribution in [0.3, 0.4) is 0 Å². The number of alkyl halides is 2. The first-order valence-electron chi connectivity index (χ1n) is 8.93. The van der Waals surface area contributed by atoms with Crippen molar-refractivity contribution >= 4 is 38.7 Å². The number of thiophene rings is 1. The van der Waals surface area contributed by atoms with Gasteiger partial charge >= 0.3 is 11.7 Å². The van der Waals surface area contributed by atoms with E-state index in [-0.39, 0.29) is 5.69 Å². The quantitative estimate of drug-likeness (QED) is 0.530. The molecule has 0 atom stereocenters. The Morgan fingerprint density at radius 1 is 1.06 bits per heavy atom. The van der Waals surface area contributed by atoms with Crippen molar-refractivity contribution in [3.05, 3.63) is 64.8 Å². The van der Waals surface area contributed by atoms with E-state index in [2.05, 4.69) is 5.32 Å². The number of esters is 1. The molecule has 164 valence electrons. The van der Waals surface area contributed by atoms with Gasteiger partial charge in [0.25, 0.3) is 5.91 Å². The highest BCUT2D eigenvalue weighted by Gasteiger charge is 2.26. The molecule has 0 fully saturated rings. The van der Waals surface area contributed by atoms with E-state index in [9.17, 15) is 26.8 Å². The molecule has 0 unspecified atom stereocenters. The molecule has 3 rings (SSSR count). The van der Waals surface area contributed by atoms with Crippen LogP contribution in [0.5, 0.6) is 0 Å². The fourth-order valence-electron chi connectivity index (χ4n) is 2.86. The van der Waals surface area contributed by atoms with Gasteiger partial charge in [0, 0.05) is 17.1 Å². The van der Waals surface area contributed by atoms with Crippen LogP contribution in [0.2, 0.25) is 0 Å². The molecule has 2 aromatic heterocycles. The summed E-state index contributed by atoms with van der Waals surface area (Å²) in [4.78, 5) is 24.0. The van der Waals surface area contributed by atoms with Gasteiger partial charge in [0.1, 0.15) is 5.00 Å². The van der Waals surface area contributed by atoms with E-state index in [1.165, 1.54) is 23.5 Å². The van der Waals surface area contributed by atoms with Gasteiger partial charge in [0.15, 0.2) is 6.61 Å². The number of sulfone groups is 1. The Morgan fingerprint density at radius 3 is 2.26 bits per heavy atom. The monoisotopic (exact) mass is 468 g/mol. The van der Waals surface area contributed by atoms with Crippen LogP contribution in [-0.2, 0) is 19.4 Å². The summed E-state index contributed by atoms with van der Waals surface area (Å²) in [6, 6.07) is 9.73. The first-order valence-corrected chi connectivity index (χ1v) is 11.4. The number of aromatic nitrogens is 1. The Morgan fingerprint density at radius 2 is 1.68 bits per heavy atom. The molecule has 0 spiro atoms. The van der Waals surface area contributed by atoms with Crippen LogP contribution >= 0.6 is 11.3 Å². The van der Waals surface area contributed by atoms with E-state index < -0.39 is 39.0 Å². The van der Waals surface area contributed by atoms with Crippen molar-refractivity contribution in [1.29, 1.82) is 0 Å². The number of nitrogens with zero attached hydrogens (tertiary/aromatic N) is 1. The van der Waals surface area contributed by atoms with Crippen LogP contribution in [-0.4, -0.2) is 37.2 Å². The smallest absolute Gasteiger partial charge is 0.341 e. The summed E-state index contributed by atoms with van der Waals surface area (Å²) in [5, 5.41) is 4.84. The maximum absolute atomic E-state index is 12.6. The van der Waals surface area contributed by atoms with E-state index in [0.29, 0.717) is 10.6 Å². The number of carbonyl (C=O) groups excluding carboxylic acids is 2. The summed E-state index contributed by atoms with van der Waals surface area (Å²) in [6.07, 6.45) is 0. The fourth-order valence-corrected chi connectivity index (χ4v) is 4.58. The maximum atomic E-state index is 12.6. The van der Waals surface area contributed by atoms with Crippen LogP contribution in [0.4, 0.5) is 14.5 Å². The molecule has 0 bridgehead atoms. The highest BCUT2D eigenvalue weighted by atomic mass is 32.2. The van der Waals surface area contributed by atoms with Gasteiger partial charge in [0.2, 0.25) is 9.84 Å². The average molecular weight is 469 g/mol. The molecule has 7 nitrogen and oxygen atoms in total. The van der Waals surface area contributed by atoms with Crippen molar-refractivity contribution in [3.63, 3.8) is 0 Å². The number of amides is 1. The van der Waals surface area contributed by atoms with E-state index in [0.717, 1.165) is 23.5 Å². The van der Waals surface area contributed by atoms with Crippen LogP contribution in [0.25, 0.3) is 5.00 Å². The van der Waals surface area contributed by atoms with E-state index in [4.69, 9.17) is 4.74 Å². The number of nitrogens with one attached hydrogen (secondary N) is 1. The van der Waals surface area contributed by atoms with Gasteiger partial charge in [-0.05, 0) is 61.7 Å². The topological polar surface area (TPSA) is 94.5 Å². The highest BCUT2D eigenvalue weighted by Crippen LogP contribution is 2.26. The lowest BCUT2D eigenvalue weighted by Gasteiger charge is -2.10. The van der Waals surface area contributed by atoms with Crippen LogP contribution in [0.15, 0.2) is 52.7 Å². The Labute approximate surface area is 181 Å². The van der Waals surface area contributed by atoms with E-state index >= 15 is 0 Å². The number of benzene rings is 1. The second-order valence-corrected chi connectivity index (χ2v) is 9.36. The molecule has 0 aliphatic heterocycles. The third-order valence-corrected chi connectivity index (χ3v) is 6.67. The van der Waals surface area contributed by atoms with E-state index in [1.54, 1.807) is 11.4 Å². The standard InChI is InChI=1S/C20H18F2N2O5S2/c1-12-3-4-13(2)24(12)18-16(9-10-30-18)19(26)29-11-17(25)23-14-5-7-15(8-6-14)31(27,28)20(21)22/h3-10,20H,11H2,1-2H3,(H,23,25). The molecular weight excluding hydrogens is 450 g/mol. The molecule has 0 saturated carbocycles. The van der Waals surface area contributed by atoms with Crippen LogP contribution < -0.4 is 5.32 Å². The predicted octanol–water partition coefficient (Wildman–Crippen LogP) is 3.95. The summed E-state index contributed by atoms with van der Waals surface area (Å²) in [5.41, 5.74) is 2.39. The molecule has 31 heavy (non-hydrogen) atoms. The van der Waals surface area contributed by atoms with Gasteiger partial charge < -0.3 is 14.6 Å². The largest absolute Gasteiger partial charge is 0.452 e. The van der Waals surface area contributed by atoms with E-state index in [1.807, 2.05) is 30.5 Å². The molecule has 11 heteroatoms. The number of hydrogen-bond acceptors (Lipinski definition) is 6. The van der Waals surface area contributed by atoms with Crippen molar-refractivity contribution < 1.29 is 31.5 Å². The molecule has 3 aromatic rings. The van der Waals surface area contributed by atoms with Gasteiger partial charge in [-0.2, -0.15) is 8.78 Å². The third kappa shape index (κ3) is 4.83. The lowest BCUT2D eigenvalue weighted by Crippen LogP contribution is -2.21. The predicted molar refractivity (Wildman–Crippen MR) is 112 cm³/mol. The molecular formula is C20H18F2N2O5S2. The second-order valence-electron chi connectivity index (χ2n) is 6.55. The Hall–Kier alpha value is -3.05. The molecule has 0 radical (unpaired) electrons. The molecule has 1 N–H and O–H groups in total. The Bertz CT molecular complexity index is 1200. The highest BCUT2D eigenvalue weighted by molar-refractivity contribution is 7.91. The molecule has 1 amide bonds. The minimum atomic E-state index is -4.71. The lowest BCUT2D eigenvalue weighted by molar-refractivity contribution is -0.119. The van der Waals surface area contributed by atoms with Crippen molar-refractivity contribution in [3.8, 4) is 5.00 Å². The minimum Gasteiger partial charge on any atom is -0.452 e. The first kappa shape index (κ1) is 22.6. The number of hydrogen-bond donors (Lipinski definition) is 1. The number of halogens is 2. The summed E-state index contributed by atoms with van der Waals surface area (Å²) in [6.45, 7) is 3.25. The zero-order valence-electron chi connectivity index (χ0n) is 16.5. The average Bonchev–Trinajstić information content (AvgIpc) is 3.32. The summed E-state index contributed by atoms with van der Waals surface area (Å²) in [5.74, 6) is -4.87. The van der Waals surface area contributed by atoms with Crippen LogP contribution in [0, 0.1) is 13.8 Å². The molecule has 0 aliphatic rings. The summed E-state index contributed by atoms with van der Waals surface area (Å²) >= 11 is 1.37. The molecule has 0 aliphatic carbocycles. The maximum Gasteiger partial charge on any atom is 0.341 e. The molecule has 1 aromatic carbocycles.